The molecule has 23 heavy (non-hydrogen) atoms. The largest absolute Gasteiger partial charge is 0.506 e. The maximum absolute atomic E-state index is 12.8. The van der Waals surface area contributed by atoms with Crippen LogP contribution in [0.15, 0.2) is 42.5 Å². The van der Waals surface area contributed by atoms with Gasteiger partial charge in [0.15, 0.2) is 0 Å². The number of fused-ring (bicyclic) bond motifs is 1. The number of amides is 1. The summed E-state index contributed by atoms with van der Waals surface area (Å²) < 4.78 is 0. The SMILES string of the molecule is CC(C)CN1C(=O)/C(=C\c2ccc(O)c(Cl)c2)c2ccccc21. The molecule has 0 spiro atoms. The fourth-order valence-electron chi connectivity index (χ4n) is 2.77. The average molecular weight is 328 g/mol. The highest BCUT2D eigenvalue weighted by atomic mass is 35.5. The number of carbonyl (C=O) groups excluding carboxylic acids is 1. The number of para-hydroxylation sites is 1. The molecule has 1 heterocycles. The molecule has 0 fully saturated rings. The van der Waals surface area contributed by atoms with Crippen LogP contribution in [0.25, 0.3) is 11.6 Å². The summed E-state index contributed by atoms with van der Waals surface area (Å²) in [4.78, 5) is 14.7. The molecule has 0 aliphatic carbocycles. The number of phenolic OH excluding ortho intramolecular Hbond substituents is 1. The third-order valence-electron chi connectivity index (χ3n) is 3.79. The van der Waals surface area contributed by atoms with E-state index in [9.17, 15) is 9.90 Å². The molecular weight excluding hydrogens is 310 g/mol. The first-order valence-electron chi connectivity index (χ1n) is 7.59. The molecule has 0 bridgehead atoms. The predicted octanol–water partition coefficient (Wildman–Crippen LogP) is 4.59. The van der Waals surface area contributed by atoms with Crippen LogP contribution in [-0.2, 0) is 4.79 Å². The van der Waals surface area contributed by atoms with Crippen LogP contribution < -0.4 is 4.90 Å². The summed E-state index contributed by atoms with van der Waals surface area (Å²) in [6.07, 6.45) is 1.83. The fourth-order valence-corrected chi connectivity index (χ4v) is 2.96. The van der Waals surface area contributed by atoms with E-state index >= 15 is 0 Å². The van der Waals surface area contributed by atoms with E-state index in [1.54, 1.807) is 12.1 Å². The van der Waals surface area contributed by atoms with E-state index in [4.69, 9.17) is 11.6 Å². The van der Waals surface area contributed by atoms with Gasteiger partial charge in [-0.2, -0.15) is 0 Å². The minimum Gasteiger partial charge on any atom is -0.506 e. The van der Waals surface area contributed by atoms with Crippen LogP contribution in [-0.4, -0.2) is 17.6 Å². The van der Waals surface area contributed by atoms with Crippen LogP contribution in [0.2, 0.25) is 5.02 Å². The average Bonchev–Trinajstić information content (AvgIpc) is 2.76. The van der Waals surface area contributed by atoms with E-state index in [0.29, 0.717) is 18.0 Å². The summed E-state index contributed by atoms with van der Waals surface area (Å²) in [6.45, 7) is 4.87. The van der Waals surface area contributed by atoms with E-state index in [2.05, 4.69) is 13.8 Å². The molecule has 1 N–H and O–H groups in total. The monoisotopic (exact) mass is 327 g/mol. The maximum atomic E-state index is 12.8. The molecule has 1 amide bonds. The molecule has 0 saturated carbocycles. The van der Waals surface area contributed by atoms with Gasteiger partial charge in [-0.1, -0.05) is 49.7 Å². The number of phenols is 1. The van der Waals surface area contributed by atoms with Gasteiger partial charge in [-0.15, -0.1) is 0 Å². The number of hydrogen-bond donors (Lipinski definition) is 1. The van der Waals surface area contributed by atoms with Gasteiger partial charge in [0.05, 0.1) is 10.7 Å². The number of rotatable bonds is 3. The van der Waals surface area contributed by atoms with Crippen LogP contribution in [0.5, 0.6) is 5.75 Å². The maximum Gasteiger partial charge on any atom is 0.259 e. The van der Waals surface area contributed by atoms with Crippen molar-refractivity contribution in [1.29, 1.82) is 0 Å². The van der Waals surface area contributed by atoms with Gasteiger partial charge in [0.1, 0.15) is 5.75 Å². The van der Waals surface area contributed by atoms with Crippen molar-refractivity contribution in [2.45, 2.75) is 13.8 Å². The zero-order valence-electron chi connectivity index (χ0n) is 13.1. The van der Waals surface area contributed by atoms with Gasteiger partial charge in [-0.05, 0) is 35.8 Å². The lowest BCUT2D eigenvalue weighted by Crippen LogP contribution is -2.30. The topological polar surface area (TPSA) is 40.5 Å². The predicted molar refractivity (Wildman–Crippen MR) is 94.6 cm³/mol. The molecule has 0 unspecified atom stereocenters. The van der Waals surface area contributed by atoms with Crippen LogP contribution >= 0.6 is 11.6 Å². The second-order valence-electron chi connectivity index (χ2n) is 6.10. The number of nitrogens with zero attached hydrogens (tertiary/aromatic N) is 1. The summed E-state index contributed by atoms with van der Waals surface area (Å²) in [6, 6.07) is 12.7. The Morgan fingerprint density at radius 3 is 2.65 bits per heavy atom. The Morgan fingerprint density at radius 1 is 1.22 bits per heavy atom. The summed E-state index contributed by atoms with van der Waals surface area (Å²) in [7, 11) is 0. The van der Waals surface area contributed by atoms with Crippen molar-refractivity contribution in [3.63, 3.8) is 0 Å². The first-order chi connectivity index (χ1) is 11.0. The highest BCUT2D eigenvalue weighted by Crippen LogP contribution is 2.38. The number of halogens is 1. The zero-order chi connectivity index (χ0) is 16.6. The van der Waals surface area contributed by atoms with Gasteiger partial charge in [-0.3, -0.25) is 4.79 Å². The minimum atomic E-state index is 0.00379. The number of anilines is 1. The lowest BCUT2D eigenvalue weighted by atomic mass is 10.0. The lowest BCUT2D eigenvalue weighted by molar-refractivity contribution is -0.113. The summed E-state index contributed by atoms with van der Waals surface area (Å²) in [5.74, 6) is 0.423. The summed E-state index contributed by atoms with van der Waals surface area (Å²) >= 11 is 5.96. The molecule has 0 aromatic heterocycles. The molecule has 118 valence electrons. The number of benzene rings is 2. The van der Waals surface area contributed by atoms with Crippen molar-refractivity contribution in [2.24, 2.45) is 5.92 Å². The van der Waals surface area contributed by atoms with Gasteiger partial charge >= 0.3 is 0 Å². The smallest absolute Gasteiger partial charge is 0.259 e. The normalized spacial score (nSPS) is 15.6. The Balaban J connectivity index is 2.07. The first-order valence-corrected chi connectivity index (χ1v) is 7.96. The molecule has 2 aromatic carbocycles. The van der Waals surface area contributed by atoms with Crippen molar-refractivity contribution in [3.05, 3.63) is 58.6 Å². The van der Waals surface area contributed by atoms with Crippen molar-refractivity contribution >= 4 is 34.8 Å². The quantitative estimate of drug-likeness (QED) is 0.838. The van der Waals surface area contributed by atoms with Crippen LogP contribution in [0, 0.1) is 5.92 Å². The third-order valence-corrected chi connectivity index (χ3v) is 4.09. The van der Waals surface area contributed by atoms with Gasteiger partial charge in [0.2, 0.25) is 0 Å². The molecule has 2 aromatic rings. The Kier molecular flexibility index (Phi) is 4.14. The third kappa shape index (κ3) is 2.97. The minimum absolute atomic E-state index is 0.00379. The number of aromatic hydroxyl groups is 1. The van der Waals surface area contributed by atoms with E-state index in [1.165, 1.54) is 6.07 Å². The van der Waals surface area contributed by atoms with Gasteiger partial charge in [0.25, 0.3) is 5.91 Å². The molecule has 1 aliphatic rings. The van der Waals surface area contributed by atoms with Crippen LogP contribution in [0.4, 0.5) is 5.69 Å². The van der Waals surface area contributed by atoms with Crippen molar-refractivity contribution < 1.29 is 9.90 Å². The molecule has 4 heteroatoms. The molecule has 3 rings (SSSR count). The van der Waals surface area contributed by atoms with Gasteiger partial charge in [0, 0.05) is 17.7 Å². The second-order valence-corrected chi connectivity index (χ2v) is 6.50. The molecule has 3 nitrogen and oxygen atoms in total. The second kappa shape index (κ2) is 6.09. The highest BCUT2D eigenvalue weighted by Gasteiger charge is 2.32. The molecule has 0 radical (unpaired) electrons. The van der Waals surface area contributed by atoms with Crippen LogP contribution in [0.3, 0.4) is 0 Å². The fraction of sp³-hybridized carbons (Fsp3) is 0.211. The number of carbonyl (C=O) groups is 1. The standard InChI is InChI=1S/C19H18ClNO2/c1-12(2)11-21-17-6-4-3-5-14(17)15(19(21)23)9-13-7-8-18(22)16(20)10-13/h3-10,12,22H,11H2,1-2H3/b15-9-. The Labute approximate surface area is 140 Å². The number of hydrogen-bond acceptors (Lipinski definition) is 2. The van der Waals surface area contributed by atoms with Crippen molar-refractivity contribution in [3.8, 4) is 5.75 Å². The van der Waals surface area contributed by atoms with E-state index in [0.717, 1.165) is 16.8 Å². The Bertz CT molecular complexity index is 796. The van der Waals surface area contributed by atoms with Gasteiger partial charge in [-0.25, -0.2) is 0 Å². The summed E-state index contributed by atoms with van der Waals surface area (Å²) in [5.41, 5.74) is 3.32. The Morgan fingerprint density at radius 2 is 1.96 bits per heavy atom. The van der Waals surface area contributed by atoms with E-state index in [1.807, 2.05) is 35.2 Å². The van der Waals surface area contributed by atoms with Crippen LogP contribution in [0.1, 0.15) is 25.0 Å². The molecule has 0 saturated heterocycles. The molecule has 1 aliphatic heterocycles. The molecule has 0 atom stereocenters. The summed E-state index contributed by atoms with van der Waals surface area (Å²) in [5, 5.41) is 9.80. The Hall–Kier alpha value is -2.26. The first kappa shape index (κ1) is 15.6. The zero-order valence-corrected chi connectivity index (χ0v) is 13.8. The van der Waals surface area contributed by atoms with Crippen molar-refractivity contribution in [2.75, 3.05) is 11.4 Å². The highest BCUT2D eigenvalue weighted by molar-refractivity contribution is 6.36. The molecular formula is C19H18ClNO2. The van der Waals surface area contributed by atoms with E-state index < -0.39 is 0 Å². The van der Waals surface area contributed by atoms with Gasteiger partial charge < -0.3 is 10.0 Å². The lowest BCUT2D eigenvalue weighted by Gasteiger charge is -2.19. The van der Waals surface area contributed by atoms with E-state index in [-0.39, 0.29) is 16.7 Å². The van der Waals surface area contributed by atoms with Crippen molar-refractivity contribution in [1.82, 2.24) is 0 Å².